The van der Waals surface area contributed by atoms with Crippen LogP contribution in [0, 0.1) is 0 Å². The fourth-order valence-corrected chi connectivity index (χ4v) is 3.00. The van der Waals surface area contributed by atoms with Gasteiger partial charge in [-0.3, -0.25) is 0 Å². The predicted molar refractivity (Wildman–Crippen MR) is 82.2 cm³/mol. The molecule has 0 saturated carbocycles. The van der Waals surface area contributed by atoms with Gasteiger partial charge in [-0.05, 0) is 23.3 Å². The topological polar surface area (TPSA) is 32.3 Å². The third-order valence-electron chi connectivity index (χ3n) is 3.84. The van der Waals surface area contributed by atoms with Gasteiger partial charge >= 0.3 is 0 Å². The third kappa shape index (κ3) is 2.57. The van der Waals surface area contributed by atoms with Crippen LogP contribution >= 0.6 is 23.2 Å². The lowest BCUT2D eigenvalue weighted by Gasteiger charge is -2.23. The lowest BCUT2D eigenvalue weighted by molar-refractivity contribution is 0.0559. The van der Waals surface area contributed by atoms with Crippen LogP contribution in [-0.2, 0) is 5.60 Å². The summed E-state index contributed by atoms with van der Waals surface area (Å²) in [6.07, 6.45) is 0.620. The summed E-state index contributed by atoms with van der Waals surface area (Å²) in [5.74, 6) is 0. The quantitative estimate of drug-likeness (QED) is 0.881. The van der Waals surface area contributed by atoms with E-state index in [0.717, 1.165) is 5.56 Å². The standard InChI is InChI=1S/C16H15Cl2NO/c17-13-7-6-12(8-14(13)18)16(20)9-15(19-10-16)11-4-2-1-3-5-11/h1-8,15,19-20H,9-10H2/t15-,16+/m1/s1. The van der Waals surface area contributed by atoms with Crippen molar-refractivity contribution >= 4 is 23.2 Å². The van der Waals surface area contributed by atoms with Crippen molar-refractivity contribution in [2.45, 2.75) is 18.1 Å². The van der Waals surface area contributed by atoms with Crippen molar-refractivity contribution in [3.05, 3.63) is 69.7 Å². The summed E-state index contributed by atoms with van der Waals surface area (Å²) in [7, 11) is 0. The van der Waals surface area contributed by atoms with Crippen LogP contribution in [-0.4, -0.2) is 11.7 Å². The highest BCUT2D eigenvalue weighted by Gasteiger charge is 2.39. The minimum Gasteiger partial charge on any atom is -0.384 e. The number of hydrogen-bond acceptors (Lipinski definition) is 2. The first-order valence-electron chi connectivity index (χ1n) is 6.55. The number of aliphatic hydroxyl groups is 1. The van der Waals surface area contributed by atoms with Gasteiger partial charge in [-0.15, -0.1) is 0 Å². The molecule has 0 aliphatic carbocycles. The Kier molecular flexibility index (Phi) is 3.74. The number of halogens is 2. The normalized spacial score (nSPS) is 25.9. The molecule has 104 valence electrons. The van der Waals surface area contributed by atoms with Crippen molar-refractivity contribution in [2.24, 2.45) is 0 Å². The first-order valence-corrected chi connectivity index (χ1v) is 7.30. The monoisotopic (exact) mass is 307 g/mol. The van der Waals surface area contributed by atoms with Gasteiger partial charge in [-0.2, -0.15) is 0 Å². The first-order chi connectivity index (χ1) is 9.58. The lowest BCUT2D eigenvalue weighted by atomic mass is 9.89. The number of benzene rings is 2. The maximum atomic E-state index is 10.8. The molecule has 2 N–H and O–H groups in total. The Hall–Kier alpha value is -1.06. The van der Waals surface area contributed by atoms with Crippen LogP contribution in [0.15, 0.2) is 48.5 Å². The van der Waals surface area contributed by atoms with Crippen LogP contribution in [0.1, 0.15) is 23.6 Å². The Morgan fingerprint density at radius 2 is 1.80 bits per heavy atom. The largest absolute Gasteiger partial charge is 0.384 e. The molecule has 0 unspecified atom stereocenters. The SMILES string of the molecule is O[C@]1(c2ccc(Cl)c(Cl)c2)CN[C@@H](c2ccccc2)C1. The molecule has 1 aliphatic heterocycles. The second-order valence-electron chi connectivity index (χ2n) is 5.21. The zero-order chi connectivity index (χ0) is 14.2. The highest BCUT2D eigenvalue weighted by molar-refractivity contribution is 6.42. The van der Waals surface area contributed by atoms with Gasteiger partial charge in [0.2, 0.25) is 0 Å². The summed E-state index contributed by atoms with van der Waals surface area (Å²) in [5.41, 5.74) is 1.08. The third-order valence-corrected chi connectivity index (χ3v) is 4.58. The average molecular weight is 308 g/mol. The highest BCUT2D eigenvalue weighted by Crippen LogP contribution is 2.38. The highest BCUT2D eigenvalue weighted by atomic mass is 35.5. The van der Waals surface area contributed by atoms with Gasteiger partial charge in [0.1, 0.15) is 5.60 Å². The molecule has 1 fully saturated rings. The first kappa shape index (κ1) is 13.9. The smallest absolute Gasteiger partial charge is 0.104 e. The van der Waals surface area contributed by atoms with Crippen LogP contribution in [0.3, 0.4) is 0 Å². The Morgan fingerprint density at radius 3 is 2.50 bits per heavy atom. The Morgan fingerprint density at radius 1 is 1.05 bits per heavy atom. The van der Waals surface area contributed by atoms with Crippen molar-refractivity contribution < 1.29 is 5.11 Å². The molecule has 3 rings (SSSR count). The van der Waals surface area contributed by atoms with E-state index in [1.54, 1.807) is 12.1 Å². The number of nitrogens with one attached hydrogen (secondary N) is 1. The molecule has 20 heavy (non-hydrogen) atoms. The molecule has 0 amide bonds. The van der Waals surface area contributed by atoms with Crippen LogP contribution in [0.25, 0.3) is 0 Å². The van der Waals surface area contributed by atoms with E-state index in [9.17, 15) is 5.11 Å². The van der Waals surface area contributed by atoms with Gasteiger partial charge in [0, 0.05) is 19.0 Å². The van der Waals surface area contributed by atoms with Crippen LogP contribution in [0.4, 0.5) is 0 Å². The molecule has 2 nitrogen and oxygen atoms in total. The fraction of sp³-hybridized carbons (Fsp3) is 0.250. The van der Waals surface area contributed by atoms with Gasteiger partial charge < -0.3 is 10.4 Å². The van der Waals surface area contributed by atoms with E-state index in [0.29, 0.717) is 23.0 Å². The van der Waals surface area contributed by atoms with Crippen molar-refractivity contribution in [1.82, 2.24) is 5.32 Å². The molecule has 2 aromatic carbocycles. The second-order valence-corrected chi connectivity index (χ2v) is 6.02. The van der Waals surface area contributed by atoms with Gasteiger partial charge in [-0.1, -0.05) is 59.6 Å². The molecule has 1 heterocycles. The fourth-order valence-electron chi connectivity index (χ4n) is 2.70. The van der Waals surface area contributed by atoms with Gasteiger partial charge in [0.05, 0.1) is 10.0 Å². The molecule has 2 aromatic rings. The molecule has 1 saturated heterocycles. The van der Waals surface area contributed by atoms with E-state index in [4.69, 9.17) is 23.2 Å². The maximum Gasteiger partial charge on any atom is 0.104 e. The summed E-state index contributed by atoms with van der Waals surface area (Å²) >= 11 is 12.0. The summed E-state index contributed by atoms with van der Waals surface area (Å²) in [4.78, 5) is 0. The Bertz CT molecular complexity index is 617. The molecule has 0 radical (unpaired) electrons. The summed E-state index contributed by atoms with van der Waals surface area (Å²) < 4.78 is 0. The van der Waals surface area contributed by atoms with E-state index < -0.39 is 5.60 Å². The van der Waals surface area contributed by atoms with E-state index in [1.807, 2.05) is 24.3 Å². The maximum absolute atomic E-state index is 10.8. The van der Waals surface area contributed by atoms with Crippen molar-refractivity contribution in [3.8, 4) is 0 Å². The Labute approximate surface area is 128 Å². The molecular formula is C16H15Cl2NO. The van der Waals surface area contributed by atoms with Crippen molar-refractivity contribution in [3.63, 3.8) is 0 Å². The lowest BCUT2D eigenvalue weighted by Crippen LogP contribution is -2.28. The molecule has 4 heteroatoms. The van der Waals surface area contributed by atoms with E-state index in [-0.39, 0.29) is 6.04 Å². The van der Waals surface area contributed by atoms with Crippen LogP contribution in [0.5, 0.6) is 0 Å². The number of β-amino-alcohol motifs (C(OH)–C–C–N with tert-alkyl or cyclic N) is 1. The van der Waals surface area contributed by atoms with Gasteiger partial charge in [-0.25, -0.2) is 0 Å². The summed E-state index contributed by atoms with van der Waals surface area (Å²) in [6, 6.07) is 15.6. The molecule has 0 bridgehead atoms. The Balaban J connectivity index is 1.86. The van der Waals surface area contributed by atoms with Crippen molar-refractivity contribution in [2.75, 3.05) is 6.54 Å². The predicted octanol–water partition coefficient (Wildman–Crippen LogP) is 3.92. The van der Waals surface area contributed by atoms with Crippen LogP contribution < -0.4 is 5.32 Å². The van der Waals surface area contributed by atoms with E-state index in [2.05, 4.69) is 17.4 Å². The molecule has 2 atom stereocenters. The minimum absolute atomic E-state index is 0.149. The minimum atomic E-state index is -0.908. The molecule has 0 spiro atoms. The van der Waals surface area contributed by atoms with E-state index in [1.165, 1.54) is 5.56 Å². The zero-order valence-corrected chi connectivity index (χ0v) is 12.3. The van der Waals surface area contributed by atoms with Crippen molar-refractivity contribution in [1.29, 1.82) is 0 Å². The summed E-state index contributed by atoms with van der Waals surface area (Å²) in [6.45, 7) is 0.504. The second kappa shape index (κ2) is 5.38. The van der Waals surface area contributed by atoms with Crippen LogP contribution in [0.2, 0.25) is 10.0 Å². The number of hydrogen-bond donors (Lipinski definition) is 2. The van der Waals surface area contributed by atoms with E-state index >= 15 is 0 Å². The van der Waals surface area contributed by atoms with Gasteiger partial charge in [0.25, 0.3) is 0 Å². The molecule has 0 aromatic heterocycles. The average Bonchev–Trinajstić information content (AvgIpc) is 2.87. The molecule has 1 aliphatic rings. The summed E-state index contributed by atoms with van der Waals surface area (Å²) in [5, 5.41) is 15.2. The number of rotatable bonds is 2. The molecular weight excluding hydrogens is 293 g/mol. The zero-order valence-electron chi connectivity index (χ0n) is 10.8. The van der Waals surface area contributed by atoms with Gasteiger partial charge in [0.15, 0.2) is 0 Å².